The van der Waals surface area contributed by atoms with Crippen LogP contribution in [0.1, 0.15) is 17.0 Å². The molecular weight excluding hydrogens is 411 g/mol. The molecule has 0 bridgehead atoms. The first-order valence-electron chi connectivity index (χ1n) is 9.05. The Bertz CT molecular complexity index is 1030. The second-order valence-corrected chi connectivity index (χ2v) is 7.42. The number of hydrogen-bond acceptors (Lipinski definition) is 4. The van der Waals surface area contributed by atoms with Crippen LogP contribution < -0.4 is 5.73 Å². The van der Waals surface area contributed by atoms with Gasteiger partial charge in [-0.3, -0.25) is 15.1 Å². The molecule has 0 atom stereocenters. The van der Waals surface area contributed by atoms with E-state index in [1.165, 1.54) is 0 Å². The Morgan fingerprint density at radius 3 is 2.62 bits per heavy atom. The number of amides is 1. The molecule has 0 saturated carbocycles. The summed E-state index contributed by atoms with van der Waals surface area (Å²) < 4.78 is 0. The Morgan fingerprint density at radius 2 is 1.93 bits per heavy atom. The largest absolute Gasteiger partial charge is 0.384 e. The Kier molecular flexibility index (Phi) is 6.42. The van der Waals surface area contributed by atoms with Gasteiger partial charge in [0.15, 0.2) is 0 Å². The number of fused-ring (bicyclic) bond motifs is 1. The van der Waals surface area contributed by atoms with Crippen LogP contribution in [-0.4, -0.2) is 51.1 Å². The molecule has 0 unspecified atom stereocenters. The molecule has 152 valence electrons. The van der Waals surface area contributed by atoms with Crippen molar-refractivity contribution in [1.82, 2.24) is 19.8 Å². The number of piperazine rings is 1. The lowest BCUT2D eigenvalue weighted by Gasteiger charge is -2.34. The highest BCUT2D eigenvalue weighted by Gasteiger charge is 2.24. The van der Waals surface area contributed by atoms with Gasteiger partial charge < -0.3 is 15.6 Å². The summed E-state index contributed by atoms with van der Waals surface area (Å²) in [5.41, 5.74) is 8.97. The molecule has 0 spiro atoms. The summed E-state index contributed by atoms with van der Waals surface area (Å²) in [4.78, 5) is 24.4. The van der Waals surface area contributed by atoms with Crippen LogP contribution in [0.2, 0.25) is 5.02 Å². The normalized spacial score (nSPS) is 14.8. The molecule has 4 N–H and O–H groups in total. The van der Waals surface area contributed by atoms with Crippen LogP contribution in [0.4, 0.5) is 0 Å². The van der Waals surface area contributed by atoms with E-state index in [4.69, 9.17) is 22.7 Å². The minimum absolute atomic E-state index is 0. The molecule has 1 aliphatic rings. The Balaban J connectivity index is 0.00000240. The number of nitrogens with one attached hydrogen (secondary N) is 2. The zero-order valence-corrected chi connectivity index (χ0v) is 17.3. The highest BCUT2D eigenvalue weighted by Crippen LogP contribution is 2.18. The molecule has 0 radical (unpaired) electrons. The zero-order valence-electron chi connectivity index (χ0n) is 15.7. The highest BCUT2D eigenvalue weighted by molar-refractivity contribution is 6.31. The third kappa shape index (κ3) is 4.87. The molecule has 1 saturated heterocycles. The highest BCUT2D eigenvalue weighted by atomic mass is 35.5. The number of carbonyl (C=O) groups is 1. The smallest absolute Gasteiger partial charge is 0.237 e. The Hall–Kier alpha value is -2.61. The fourth-order valence-corrected chi connectivity index (χ4v) is 3.56. The lowest BCUT2D eigenvalue weighted by molar-refractivity contribution is -0.136. The molecular formula is C20H22Cl2N6O. The van der Waals surface area contributed by atoms with E-state index in [-0.39, 0.29) is 24.1 Å². The van der Waals surface area contributed by atoms with Gasteiger partial charge in [-0.25, -0.2) is 4.98 Å². The second kappa shape index (κ2) is 8.82. The summed E-state index contributed by atoms with van der Waals surface area (Å²) in [6, 6.07) is 13.0. The average molecular weight is 433 g/mol. The molecule has 1 amide bonds. The van der Waals surface area contributed by atoms with Crippen molar-refractivity contribution in [3.8, 4) is 0 Å². The molecule has 29 heavy (non-hydrogen) atoms. The van der Waals surface area contributed by atoms with Crippen LogP contribution in [-0.2, 0) is 17.9 Å². The van der Waals surface area contributed by atoms with E-state index < -0.39 is 0 Å². The van der Waals surface area contributed by atoms with Gasteiger partial charge in [0, 0.05) is 30.2 Å². The predicted molar refractivity (Wildman–Crippen MR) is 117 cm³/mol. The third-order valence-electron chi connectivity index (χ3n) is 4.90. The van der Waals surface area contributed by atoms with Crippen LogP contribution in [0.25, 0.3) is 11.0 Å². The van der Waals surface area contributed by atoms with Gasteiger partial charge in [-0.05, 0) is 23.8 Å². The number of rotatable bonds is 5. The maximum Gasteiger partial charge on any atom is 0.237 e. The van der Waals surface area contributed by atoms with Gasteiger partial charge in [-0.1, -0.05) is 35.9 Å². The maximum absolute atomic E-state index is 12.6. The van der Waals surface area contributed by atoms with Crippen molar-refractivity contribution in [3.05, 3.63) is 64.4 Å². The fourth-order valence-electron chi connectivity index (χ4n) is 3.39. The predicted octanol–water partition coefficient (Wildman–Crippen LogP) is 2.77. The van der Waals surface area contributed by atoms with Crippen molar-refractivity contribution in [3.63, 3.8) is 0 Å². The Morgan fingerprint density at radius 1 is 1.17 bits per heavy atom. The lowest BCUT2D eigenvalue weighted by Crippen LogP contribution is -2.49. The van der Waals surface area contributed by atoms with E-state index in [2.05, 4.69) is 14.9 Å². The number of nitrogen functional groups attached to an aromatic ring is 1. The number of imidazole rings is 1. The second-order valence-electron chi connectivity index (χ2n) is 6.98. The van der Waals surface area contributed by atoms with E-state index in [9.17, 15) is 4.79 Å². The summed E-state index contributed by atoms with van der Waals surface area (Å²) in [5.74, 6) is 0.975. The van der Waals surface area contributed by atoms with Gasteiger partial charge in [-0.2, -0.15) is 0 Å². The third-order valence-corrected chi connectivity index (χ3v) is 5.14. The first kappa shape index (κ1) is 21.1. The van der Waals surface area contributed by atoms with Crippen molar-refractivity contribution in [2.45, 2.75) is 13.1 Å². The molecule has 3 aromatic rings. The van der Waals surface area contributed by atoms with E-state index in [1.54, 1.807) is 0 Å². The molecule has 0 aliphatic carbocycles. The van der Waals surface area contributed by atoms with E-state index >= 15 is 0 Å². The number of halogens is 2. The first-order chi connectivity index (χ1) is 13.5. The van der Waals surface area contributed by atoms with Gasteiger partial charge in [0.1, 0.15) is 11.7 Å². The van der Waals surface area contributed by atoms with Crippen LogP contribution >= 0.6 is 24.0 Å². The topological polar surface area (TPSA) is 102 Å². The van der Waals surface area contributed by atoms with Crippen molar-refractivity contribution in [2.24, 2.45) is 5.73 Å². The van der Waals surface area contributed by atoms with Gasteiger partial charge in [-0.15, -0.1) is 12.4 Å². The summed E-state index contributed by atoms with van der Waals surface area (Å²) >= 11 is 6.02. The number of amidine groups is 1. The first-order valence-corrected chi connectivity index (χ1v) is 9.43. The minimum Gasteiger partial charge on any atom is -0.384 e. The number of carbonyl (C=O) groups excluding carboxylic acids is 1. The Labute approximate surface area is 179 Å². The van der Waals surface area contributed by atoms with Gasteiger partial charge >= 0.3 is 0 Å². The standard InChI is InChI=1S/C20H21ClN6O.ClH/c21-15-5-6-16-17(9-15)25-18(24-16)11-26-7-8-27(19(28)12-26)10-13-1-3-14(4-2-13)20(22)23;/h1-6,9H,7-8,10-12H2,(H3,22,23)(H,24,25);1H. The van der Waals surface area contributed by atoms with Crippen LogP contribution in [0.15, 0.2) is 42.5 Å². The SMILES string of the molecule is Cl.N=C(N)c1ccc(CN2CCN(Cc3nc4ccc(Cl)cc4[nH]3)CC2=O)cc1. The number of nitrogens with zero attached hydrogens (tertiary/aromatic N) is 3. The number of nitrogens with two attached hydrogens (primary N) is 1. The van der Waals surface area contributed by atoms with Crippen molar-refractivity contribution in [2.75, 3.05) is 19.6 Å². The maximum atomic E-state index is 12.6. The fraction of sp³-hybridized carbons (Fsp3) is 0.250. The minimum atomic E-state index is 0. The number of H-pyrrole nitrogens is 1. The summed E-state index contributed by atoms with van der Waals surface area (Å²) in [6.07, 6.45) is 0. The van der Waals surface area contributed by atoms with Crippen molar-refractivity contribution < 1.29 is 4.79 Å². The summed E-state index contributed by atoms with van der Waals surface area (Å²) in [5, 5.41) is 8.11. The lowest BCUT2D eigenvalue weighted by atomic mass is 10.1. The quantitative estimate of drug-likeness (QED) is 0.425. The number of benzene rings is 2. The van der Waals surface area contributed by atoms with Crippen molar-refractivity contribution in [1.29, 1.82) is 5.41 Å². The molecule has 7 nitrogen and oxygen atoms in total. The van der Waals surface area contributed by atoms with Gasteiger partial charge in [0.25, 0.3) is 0 Å². The summed E-state index contributed by atoms with van der Waals surface area (Å²) in [6.45, 7) is 2.98. The van der Waals surface area contributed by atoms with Crippen molar-refractivity contribution >= 4 is 46.8 Å². The monoisotopic (exact) mass is 432 g/mol. The van der Waals surface area contributed by atoms with E-state index in [0.29, 0.717) is 36.8 Å². The number of hydrogen-bond donors (Lipinski definition) is 3. The summed E-state index contributed by atoms with van der Waals surface area (Å²) in [7, 11) is 0. The van der Waals surface area contributed by atoms with Crippen LogP contribution in [0, 0.1) is 5.41 Å². The van der Waals surface area contributed by atoms with E-state index in [0.717, 1.165) is 29.0 Å². The molecule has 1 fully saturated rings. The van der Waals surface area contributed by atoms with E-state index in [1.807, 2.05) is 47.4 Å². The van der Waals surface area contributed by atoms with Gasteiger partial charge in [0.2, 0.25) is 5.91 Å². The molecule has 9 heteroatoms. The molecule has 2 heterocycles. The average Bonchev–Trinajstić information content (AvgIpc) is 3.05. The molecule has 4 rings (SSSR count). The molecule has 1 aromatic heterocycles. The van der Waals surface area contributed by atoms with Crippen LogP contribution in [0.5, 0.6) is 0 Å². The number of aromatic amines is 1. The van der Waals surface area contributed by atoms with Crippen LogP contribution in [0.3, 0.4) is 0 Å². The number of aromatic nitrogens is 2. The van der Waals surface area contributed by atoms with Gasteiger partial charge in [0.05, 0.1) is 24.1 Å². The zero-order chi connectivity index (χ0) is 19.7. The molecule has 1 aliphatic heterocycles. The molecule has 2 aromatic carbocycles.